The van der Waals surface area contributed by atoms with E-state index < -0.39 is 0 Å². The summed E-state index contributed by atoms with van der Waals surface area (Å²) in [5, 5.41) is 0. The van der Waals surface area contributed by atoms with Crippen LogP contribution in [-0.2, 0) is 9.53 Å². The van der Waals surface area contributed by atoms with Gasteiger partial charge in [0.2, 0.25) is 0 Å². The topological polar surface area (TPSA) is 26.3 Å². The van der Waals surface area contributed by atoms with Gasteiger partial charge in [0.1, 0.15) is 0 Å². The fraction of sp³-hybridized carbons (Fsp3) is 0.875. The van der Waals surface area contributed by atoms with Crippen molar-refractivity contribution in [3.05, 3.63) is 0 Å². The molecule has 0 aliphatic heterocycles. The van der Waals surface area contributed by atoms with E-state index in [4.69, 9.17) is 4.74 Å². The maximum absolute atomic E-state index is 9.74. The highest BCUT2D eigenvalue weighted by molar-refractivity contribution is 5.50. The molecule has 59 valence electrons. The van der Waals surface area contributed by atoms with Crippen LogP contribution in [-0.4, -0.2) is 19.5 Å². The van der Waals surface area contributed by atoms with Crippen LogP contribution in [0.2, 0.25) is 0 Å². The van der Waals surface area contributed by atoms with Gasteiger partial charge in [-0.05, 0) is 19.8 Å². The van der Waals surface area contributed by atoms with E-state index in [1.54, 1.807) is 0 Å². The van der Waals surface area contributed by atoms with Crippen molar-refractivity contribution < 1.29 is 9.53 Å². The van der Waals surface area contributed by atoms with Crippen molar-refractivity contribution in [1.82, 2.24) is 0 Å². The van der Waals surface area contributed by atoms with E-state index in [1.807, 2.05) is 13.2 Å². The molecule has 1 radical (unpaired) electrons. The monoisotopic (exact) mass is 143 g/mol. The molecule has 2 nitrogen and oxygen atoms in total. The number of ether oxygens (including phenoxy) is 1. The summed E-state index contributed by atoms with van der Waals surface area (Å²) >= 11 is 0. The average molecular weight is 143 g/mol. The summed E-state index contributed by atoms with van der Waals surface area (Å²) in [4.78, 5) is 9.74. The molecule has 0 aliphatic rings. The van der Waals surface area contributed by atoms with Gasteiger partial charge in [-0.3, -0.25) is 4.79 Å². The van der Waals surface area contributed by atoms with Gasteiger partial charge in [-0.25, -0.2) is 0 Å². The molecule has 0 heterocycles. The van der Waals surface area contributed by atoms with Crippen LogP contribution in [0.5, 0.6) is 0 Å². The van der Waals surface area contributed by atoms with Crippen LogP contribution in [0.4, 0.5) is 0 Å². The van der Waals surface area contributed by atoms with Gasteiger partial charge < -0.3 is 4.74 Å². The standard InChI is InChI=1S/C8H15O2/c1-2-10-8-6-4-3-5-7-9/h2-6,8H2,1H3. The van der Waals surface area contributed by atoms with E-state index in [0.717, 1.165) is 32.5 Å². The van der Waals surface area contributed by atoms with Crippen LogP contribution in [0, 0.1) is 0 Å². The second-order valence-electron chi connectivity index (χ2n) is 2.15. The van der Waals surface area contributed by atoms with Gasteiger partial charge in [0.25, 0.3) is 0 Å². The zero-order valence-electron chi connectivity index (χ0n) is 6.56. The second-order valence-corrected chi connectivity index (χ2v) is 2.15. The molecule has 0 aromatic heterocycles. The number of hydrogen-bond donors (Lipinski definition) is 0. The van der Waals surface area contributed by atoms with E-state index in [-0.39, 0.29) is 0 Å². The molecule has 0 fully saturated rings. The largest absolute Gasteiger partial charge is 0.382 e. The quantitative estimate of drug-likeness (QED) is 0.507. The van der Waals surface area contributed by atoms with Crippen molar-refractivity contribution in [2.24, 2.45) is 0 Å². The van der Waals surface area contributed by atoms with Gasteiger partial charge in [-0.1, -0.05) is 6.42 Å². The minimum absolute atomic E-state index is 0.576. The SMILES string of the molecule is CCOCCCCC[C]=O. The first kappa shape index (κ1) is 9.63. The lowest BCUT2D eigenvalue weighted by Crippen LogP contribution is -1.92. The molecule has 0 rings (SSSR count). The van der Waals surface area contributed by atoms with Crippen molar-refractivity contribution in [2.45, 2.75) is 32.6 Å². The molecule has 0 spiro atoms. The Morgan fingerprint density at radius 3 is 2.70 bits per heavy atom. The van der Waals surface area contributed by atoms with Crippen LogP contribution in [0.1, 0.15) is 32.6 Å². The molecule has 0 aromatic carbocycles. The number of unbranched alkanes of at least 4 members (excludes halogenated alkanes) is 3. The normalized spacial score (nSPS) is 9.70. The molecule has 0 aliphatic carbocycles. The summed E-state index contributed by atoms with van der Waals surface area (Å²) in [6.07, 6.45) is 5.54. The van der Waals surface area contributed by atoms with E-state index in [1.165, 1.54) is 0 Å². The summed E-state index contributed by atoms with van der Waals surface area (Å²) in [6, 6.07) is 0. The van der Waals surface area contributed by atoms with E-state index >= 15 is 0 Å². The lowest BCUT2D eigenvalue weighted by Gasteiger charge is -1.98. The van der Waals surface area contributed by atoms with Gasteiger partial charge >= 0.3 is 0 Å². The van der Waals surface area contributed by atoms with Crippen LogP contribution in [0.15, 0.2) is 0 Å². The summed E-state index contributed by atoms with van der Waals surface area (Å²) < 4.78 is 5.12. The molecule has 0 aromatic rings. The van der Waals surface area contributed by atoms with Gasteiger partial charge in [-0.15, -0.1) is 0 Å². The van der Waals surface area contributed by atoms with Gasteiger partial charge in [-0.2, -0.15) is 0 Å². The lowest BCUT2D eigenvalue weighted by atomic mass is 10.2. The fourth-order valence-electron chi connectivity index (χ4n) is 0.722. The number of rotatable bonds is 7. The van der Waals surface area contributed by atoms with Gasteiger partial charge in [0.15, 0.2) is 6.29 Å². The van der Waals surface area contributed by atoms with Crippen LogP contribution in [0.25, 0.3) is 0 Å². The first-order chi connectivity index (χ1) is 4.91. The van der Waals surface area contributed by atoms with Gasteiger partial charge in [0, 0.05) is 19.6 Å². The Kier molecular flexibility index (Phi) is 8.31. The van der Waals surface area contributed by atoms with Crippen molar-refractivity contribution in [1.29, 1.82) is 0 Å². The third kappa shape index (κ3) is 7.63. The van der Waals surface area contributed by atoms with Gasteiger partial charge in [0.05, 0.1) is 0 Å². The predicted octanol–water partition coefficient (Wildman–Crippen LogP) is 1.69. The minimum atomic E-state index is 0.576. The number of hydrogen-bond acceptors (Lipinski definition) is 2. The first-order valence-electron chi connectivity index (χ1n) is 3.84. The number of carbonyl (C=O) groups excluding carboxylic acids is 1. The molecule has 0 atom stereocenters. The molecule has 2 heteroatoms. The maximum atomic E-state index is 9.74. The van der Waals surface area contributed by atoms with Crippen LogP contribution < -0.4 is 0 Å². The summed E-state index contributed by atoms with van der Waals surface area (Å²) in [7, 11) is 0. The zero-order valence-corrected chi connectivity index (χ0v) is 6.56. The molecule has 0 unspecified atom stereocenters. The van der Waals surface area contributed by atoms with Crippen molar-refractivity contribution >= 4 is 6.29 Å². The molecular weight excluding hydrogens is 128 g/mol. The molecule has 0 amide bonds. The van der Waals surface area contributed by atoms with E-state index in [2.05, 4.69) is 0 Å². The van der Waals surface area contributed by atoms with E-state index in [0.29, 0.717) is 6.42 Å². The van der Waals surface area contributed by atoms with Crippen molar-refractivity contribution in [3.63, 3.8) is 0 Å². The Hall–Kier alpha value is -0.370. The lowest BCUT2D eigenvalue weighted by molar-refractivity contribution is 0.143. The summed E-state index contributed by atoms with van der Waals surface area (Å²) in [6.45, 7) is 3.61. The minimum Gasteiger partial charge on any atom is -0.382 e. The molecule has 0 saturated carbocycles. The Morgan fingerprint density at radius 2 is 2.10 bits per heavy atom. The fourth-order valence-corrected chi connectivity index (χ4v) is 0.722. The highest BCUT2D eigenvalue weighted by atomic mass is 16.5. The molecule has 10 heavy (non-hydrogen) atoms. The van der Waals surface area contributed by atoms with Crippen LogP contribution in [0.3, 0.4) is 0 Å². The Labute approximate surface area is 62.6 Å². The second kappa shape index (κ2) is 8.63. The Morgan fingerprint density at radius 1 is 1.30 bits per heavy atom. The molecular formula is C8H15O2. The zero-order chi connectivity index (χ0) is 7.66. The average Bonchev–Trinajstić information content (AvgIpc) is 1.97. The van der Waals surface area contributed by atoms with Crippen molar-refractivity contribution in [2.75, 3.05) is 13.2 Å². The molecule has 0 bridgehead atoms. The van der Waals surface area contributed by atoms with E-state index in [9.17, 15) is 4.79 Å². The summed E-state index contributed by atoms with van der Waals surface area (Å²) in [5.41, 5.74) is 0. The predicted molar refractivity (Wildman–Crippen MR) is 40.7 cm³/mol. The molecule has 0 saturated heterocycles. The summed E-state index contributed by atoms with van der Waals surface area (Å²) in [5.74, 6) is 0. The van der Waals surface area contributed by atoms with Crippen LogP contribution >= 0.6 is 0 Å². The highest BCUT2D eigenvalue weighted by Crippen LogP contribution is 1.97. The third-order valence-corrected chi connectivity index (χ3v) is 1.27. The third-order valence-electron chi connectivity index (χ3n) is 1.27. The maximum Gasteiger partial charge on any atom is 0.198 e. The van der Waals surface area contributed by atoms with Crippen molar-refractivity contribution in [3.8, 4) is 0 Å². The first-order valence-corrected chi connectivity index (χ1v) is 3.84. The Balaban J connectivity index is 2.70. The molecule has 0 N–H and O–H groups in total. The highest BCUT2D eigenvalue weighted by Gasteiger charge is 1.88. The smallest absolute Gasteiger partial charge is 0.198 e. The Bertz CT molecular complexity index is 71.7.